The summed E-state index contributed by atoms with van der Waals surface area (Å²) in [6, 6.07) is 8.15. The molecule has 0 spiro atoms. The SMILES string of the molecule is COC(=O)c1cc(-c2csc(NC(=O)CSc3ccc4c(c3)CCC4)n2)c[nH]1. The van der Waals surface area contributed by atoms with Gasteiger partial charge in [0.05, 0.1) is 18.6 Å². The predicted molar refractivity (Wildman–Crippen MR) is 111 cm³/mol. The molecule has 2 aromatic heterocycles. The summed E-state index contributed by atoms with van der Waals surface area (Å²) in [7, 11) is 1.33. The van der Waals surface area contributed by atoms with Crippen LogP contribution in [-0.2, 0) is 22.4 Å². The number of rotatable bonds is 6. The van der Waals surface area contributed by atoms with Crippen molar-refractivity contribution in [2.75, 3.05) is 18.2 Å². The maximum atomic E-state index is 12.3. The molecule has 4 rings (SSSR count). The molecule has 0 fully saturated rings. The van der Waals surface area contributed by atoms with Crippen molar-refractivity contribution in [2.24, 2.45) is 0 Å². The number of nitrogens with one attached hydrogen (secondary N) is 2. The highest BCUT2D eigenvalue weighted by Crippen LogP contribution is 2.28. The maximum absolute atomic E-state index is 12.3. The molecule has 0 aliphatic heterocycles. The number of hydrogen-bond acceptors (Lipinski definition) is 6. The van der Waals surface area contributed by atoms with Crippen LogP contribution in [0.1, 0.15) is 28.0 Å². The summed E-state index contributed by atoms with van der Waals surface area (Å²) in [5, 5.41) is 5.22. The number of amides is 1. The standard InChI is InChI=1S/C20H19N3O3S2/c1-26-19(25)16-8-14(9-21-16)17-10-28-20(22-17)23-18(24)11-27-15-6-5-12-3-2-4-13(12)7-15/h5-10,21H,2-4,11H2,1H3,(H,22,23,24). The zero-order valence-corrected chi connectivity index (χ0v) is 16.9. The van der Waals surface area contributed by atoms with Gasteiger partial charge in [-0.2, -0.15) is 0 Å². The number of hydrogen-bond donors (Lipinski definition) is 2. The zero-order chi connectivity index (χ0) is 19.5. The molecule has 1 aliphatic carbocycles. The number of esters is 1. The van der Waals surface area contributed by atoms with E-state index < -0.39 is 5.97 Å². The Balaban J connectivity index is 1.34. The summed E-state index contributed by atoms with van der Waals surface area (Å²) in [6.45, 7) is 0. The Labute approximate surface area is 170 Å². The summed E-state index contributed by atoms with van der Waals surface area (Å²) in [5.74, 6) is -0.182. The van der Waals surface area contributed by atoms with Gasteiger partial charge in [-0.25, -0.2) is 9.78 Å². The van der Waals surface area contributed by atoms with E-state index >= 15 is 0 Å². The van der Waals surface area contributed by atoms with Crippen LogP contribution in [0.2, 0.25) is 0 Å². The van der Waals surface area contributed by atoms with Crippen LogP contribution < -0.4 is 5.32 Å². The smallest absolute Gasteiger partial charge is 0.354 e. The molecule has 1 amide bonds. The molecule has 144 valence electrons. The van der Waals surface area contributed by atoms with Crippen LogP contribution in [0.4, 0.5) is 5.13 Å². The Hall–Kier alpha value is -2.58. The number of fused-ring (bicyclic) bond motifs is 1. The van der Waals surface area contributed by atoms with Crippen molar-refractivity contribution in [3.63, 3.8) is 0 Å². The molecule has 8 heteroatoms. The minimum atomic E-state index is -0.432. The second-order valence-electron chi connectivity index (χ2n) is 6.45. The summed E-state index contributed by atoms with van der Waals surface area (Å²) < 4.78 is 4.68. The van der Waals surface area contributed by atoms with Crippen molar-refractivity contribution in [1.82, 2.24) is 9.97 Å². The maximum Gasteiger partial charge on any atom is 0.354 e. The third-order valence-corrected chi connectivity index (χ3v) is 6.33. The molecule has 1 aromatic carbocycles. The topological polar surface area (TPSA) is 84.1 Å². The number of nitrogens with zero attached hydrogens (tertiary/aromatic N) is 1. The first-order chi connectivity index (χ1) is 13.6. The Morgan fingerprint density at radius 2 is 2.14 bits per heavy atom. The fourth-order valence-corrected chi connectivity index (χ4v) is 4.67. The van der Waals surface area contributed by atoms with E-state index in [9.17, 15) is 9.59 Å². The number of carbonyl (C=O) groups is 2. The summed E-state index contributed by atoms with van der Waals surface area (Å²) in [4.78, 5) is 32.2. The van der Waals surface area contributed by atoms with Crippen LogP contribution in [0.15, 0.2) is 40.7 Å². The highest BCUT2D eigenvalue weighted by molar-refractivity contribution is 8.00. The van der Waals surface area contributed by atoms with E-state index in [4.69, 9.17) is 0 Å². The third kappa shape index (κ3) is 4.13. The van der Waals surface area contributed by atoms with Gasteiger partial charge in [-0.3, -0.25) is 4.79 Å². The van der Waals surface area contributed by atoms with Crippen LogP contribution >= 0.6 is 23.1 Å². The monoisotopic (exact) mass is 413 g/mol. The first-order valence-corrected chi connectivity index (χ1v) is 10.8. The van der Waals surface area contributed by atoms with Crippen molar-refractivity contribution < 1.29 is 14.3 Å². The second-order valence-corrected chi connectivity index (χ2v) is 8.36. The van der Waals surface area contributed by atoms with Crippen molar-refractivity contribution in [3.8, 4) is 11.3 Å². The van der Waals surface area contributed by atoms with E-state index in [0.29, 0.717) is 22.3 Å². The summed E-state index contributed by atoms with van der Waals surface area (Å²) in [5.41, 5.74) is 4.67. The lowest BCUT2D eigenvalue weighted by Gasteiger charge is -2.05. The Kier molecular flexibility index (Phi) is 5.50. The van der Waals surface area contributed by atoms with Crippen LogP contribution in [0.5, 0.6) is 0 Å². The van der Waals surface area contributed by atoms with Crippen LogP contribution in [-0.4, -0.2) is 34.7 Å². The number of thiazole rings is 1. The van der Waals surface area contributed by atoms with E-state index in [1.165, 1.54) is 47.8 Å². The molecular weight excluding hydrogens is 394 g/mol. The first kappa shape index (κ1) is 18.8. The lowest BCUT2D eigenvalue weighted by atomic mass is 10.1. The number of aryl methyl sites for hydroxylation is 2. The quantitative estimate of drug-likeness (QED) is 0.469. The van der Waals surface area contributed by atoms with Gasteiger partial charge in [-0.05, 0) is 48.6 Å². The van der Waals surface area contributed by atoms with E-state index in [2.05, 4.69) is 38.2 Å². The van der Waals surface area contributed by atoms with Crippen molar-refractivity contribution >= 4 is 40.1 Å². The first-order valence-electron chi connectivity index (χ1n) is 8.89. The fourth-order valence-electron chi connectivity index (χ4n) is 3.18. The highest BCUT2D eigenvalue weighted by Gasteiger charge is 2.14. The number of thioether (sulfide) groups is 1. The number of aromatic amines is 1. The van der Waals surface area contributed by atoms with E-state index in [1.54, 1.807) is 12.3 Å². The molecule has 28 heavy (non-hydrogen) atoms. The molecule has 2 N–H and O–H groups in total. The largest absolute Gasteiger partial charge is 0.464 e. The molecule has 0 bridgehead atoms. The van der Waals surface area contributed by atoms with Crippen LogP contribution in [0.25, 0.3) is 11.3 Å². The number of carbonyl (C=O) groups excluding carboxylic acids is 2. The second kappa shape index (κ2) is 8.20. The molecule has 0 unspecified atom stereocenters. The van der Waals surface area contributed by atoms with Gasteiger partial charge in [0.1, 0.15) is 5.69 Å². The summed E-state index contributed by atoms with van der Waals surface area (Å²) >= 11 is 2.89. The lowest BCUT2D eigenvalue weighted by Crippen LogP contribution is -2.13. The average molecular weight is 414 g/mol. The number of methoxy groups -OCH3 is 1. The average Bonchev–Trinajstić information content (AvgIpc) is 3.45. The van der Waals surface area contributed by atoms with Gasteiger partial charge >= 0.3 is 5.97 Å². The zero-order valence-electron chi connectivity index (χ0n) is 15.3. The normalized spacial score (nSPS) is 12.6. The van der Waals surface area contributed by atoms with Crippen molar-refractivity contribution in [1.29, 1.82) is 0 Å². The molecule has 6 nitrogen and oxygen atoms in total. The van der Waals surface area contributed by atoms with Gasteiger partial charge in [0.25, 0.3) is 0 Å². The van der Waals surface area contributed by atoms with E-state index in [1.807, 2.05) is 5.38 Å². The Bertz CT molecular complexity index is 1030. The minimum Gasteiger partial charge on any atom is -0.464 e. The van der Waals surface area contributed by atoms with Gasteiger partial charge in [-0.15, -0.1) is 23.1 Å². The Morgan fingerprint density at radius 1 is 1.29 bits per heavy atom. The van der Waals surface area contributed by atoms with Gasteiger partial charge in [0, 0.05) is 22.0 Å². The van der Waals surface area contributed by atoms with E-state index in [0.717, 1.165) is 23.3 Å². The highest BCUT2D eigenvalue weighted by atomic mass is 32.2. The van der Waals surface area contributed by atoms with Crippen molar-refractivity contribution in [3.05, 3.63) is 52.7 Å². The number of H-pyrrole nitrogens is 1. The van der Waals surface area contributed by atoms with Gasteiger partial charge in [-0.1, -0.05) is 6.07 Å². The fraction of sp³-hybridized carbons (Fsp3) is 0.250. The van der Waals surface area contributed by atoms with Crippen molar-refractivity contribution in [2.45, 2.75) is 24.2 Å². The van der Waals surface area contributed by atoms with E-state index in [-0.39, 0.29) is 5.91 Å². The molecule has 2 heterocycles. The number of aromatic nitrogens is 2. The number of ether oxygens (including phenoxy) is 1. The Morgan fingerprint density at radius 3 is 3.00 bits per heavy atom. The van der Waals surface area contributed by atoms with Gasteiger partial charge < -0.3 is 15.0 Å². The molecule has 0 saturated carbocycles. The molecule has 0 saturated heterocycles. The number of benzene rings is 1. The molecule has 0 radical (unpaired) electrons. The third-order valence-electron chi connectivity index (χ3n) is 4.57. The lowest BCUT2D eigenvalue weighted by molar-refractivity contribution is -0.113. The summed E-state index contributed by atoms with van der Waals surface area (Å²) in [6.07, 6.45) is 5.21. The van der Waals surface area contributed by atoms with Crippen LogP contribution in [0, 0.1) is 0 Å². The molecule has 0 atom stereocenters. The molecule has 1 aliphatic rings. The number of anilines is 1. The van der Waals surface area contributed by atoms with Gasteiger partial charge in [0.2, 0.25) is 5.91 Å². The van der Waals surface area contributed by atoms with Crippen LogP contribution in [0.3, 0.4) is 0 Å². The minimum absolute atomic E-state index is 0.0873. The molecular formula is C20H19N3O3S2. The molecule has 3 aromatic rings. The predicted octanol–water partition coefficient (Wildman–Crippen LogP) is 4.14. The van der Waals surface area contributed by atoms with Gasteiger partial charge in [0.15, 0.2) is 5.13 Å².